The molecule has 0 atom stereocenters. The summed E-state index contributed by atoms with van der Waals surface area (Å²) in [5.41, 5.74) is 0.915. The molecule has 0 amide bonds. The first-order chi connectivity index (χ1) is 7.61. The van der Waals surface area contributed by atoms with Crippen molar-refractivity contribution in [3.63, 3.8) is 0 Å². The smallest absolute Gasteiger partial charge is 0.311 e. The first-order valence-electron chi connectivity index (χ1n) is 5.08. The summed E-state index contributed by atoms with van der Waals surface area (Å²) in [6.45, 7) is 2.03. The van der Waals surface area contributed by atoms with Gasteiger partial charge in [0.1, 0.15) is 5.82 Å². The monoisotopic (exact) mass is 223 g/mol. The molecule has 0 aliphatic carbocycles. The van der Waals surface area contributed by atoms with Gasteiger partial charge in [-0.05, 0) is 24.6 Å². The highest BCUT2D eigenvalue weighted by Crippen LogP contribution is 2.06. The summed E-state index contributed by atoms with van der Waals surface area (Å²) in [4.78, 5) is 11.1. The summed E-state index contributed by atoms with van der Waals surface area (Å²) in [5, 5.41) is 7.58. The third kappa shape index (κ3) is 4.21. The zero-order chi connectivity index (χ0) is 12.0. The van der Waals surface area contributed by atoms with E-state index in [1.807, 2.05) is 0 Å². The number of esters is 1. The number of nitrogens with one attached hydrogen (secondary N) is 1. The Morgan fingerprint density at radius 1 is 1.50 bits per heavy atom. The Balaban J connectivity index is 2.48. The van der Waals surface area contributed by atoms with Crippen LogP contribution in [0.5, 0.6) is 0 Å². The lowest BCUT2D eigenvalue weighted by molar-refractivity contribution is -0.141. The first kappa shape index (κ1) is 12.4. The Kier molecular flexibility index (Phi) is 4.64. The standard InChI is InChI=1S/C12H14FNO2/c1-2-16-12(15)8-11(14)7-9-4-3-5-10(13)6-9/h3-6,14H,2,7-8H2,1H3. The second-order valence-corrected chi connectivity index (χ2v) is 3.39. The molecule has 0 bridgehead atoms. The minimum absolute atomic E-state index is 0.0373. The third-order valence-corrected chi connectivity index (χ3v) is 1.97. The largest absolute Gasteiger partial charge is 0.466 e. The topological polar surface area (TPSA) is 50.2 Å². The minimum atomic E-state index is -0.413. The van der Waals surface area contributed by atoms with Crippen molar-refractivity contribution in [1.82, 2.24) is 0 Å². The summed E-state index contributed by atoms with van der Waals surface area (Å²) in [7, 11) is 0. The maximum absolute atomic E-state index is 12.8. The van der Waals surface area contributed by atoms with Crippen molar-refractivity contribution in [1.29, 1.82) is 5.41 Å². The van der Waals surface area contributed by atoms with Crippen LogP contribution in [0, 0.1) is 11.2 Å². The van der Waals surface area contributed by atoms with Crippen molar-refractivity contribution >= 4 is 11.7 Å². The van der Waals surface area contributed by atoms with Gasteiger partial charge in [0.2, 0.25) is 0 Å². The molecule has 3 nitrogen and oxygen atoms in total. The lowest BCUT2D eigenvalue weighted by Gasteiger charge is -2.04. The van der Waals surface area contributed by atoms with Crippen LogP contribution in [0.3, 0.4) is 0 Å². The van der Waals surface area contributed by atoms with Crippen LogP contribution in [0.2, 0.25) is 0 Å². The number of hydrogen-bond acceptors (Lipinski definition) is 3. The highest BCUT2D eigenvalue weighted by atomic mass is 19.1. The number of ether oxygens (including phenoxy) is 1. The third-order valence-electron chi connectivity index (χ3n) is 1.97. The van der Waals surface area contributed by atoms with Crippen LogP contribution >= 0.6 is 0 Å². The maximum atomic E-state index is 12.8. The van der Waals surface area contributed by atoms with E-state index in [-0.39, 0.29) is 24.4 Å². The molecule has 1 aromatic rings. The lowest BCUT2D eigenvalue weighted by atomic mass is 10.1. The molecule has 0 unspecified atom stereocenters. The summed E-state index contributed by atoms with van der Waals surface area (Å²) < 4.78 is 17.6. The van der Waals surface area contributed by atoms with Gasteiger partial charge in [-0.25, -0.2) is 4.39 Å². The Labute approximate surface area is 93.7 Å². The summed E-state index contributed by atoms with van der Waals surface area (Å²) in [5.74, 6) is -0.745. The summed E-state index contributed by atoms with van der Waals surface area (Å²) in [6.07, 6.45) is 0.237. The van der Waals surface area contributed by atoms with E-state index in [2.05, 4.69) is 0 Å². The number of carbonyl (C=O) groups excluding carboxylic acids is 1. The van der Waals surface area contributed by atoms with Crippen molar-refractivity contribution in [2.75, 3.05) is 6.61 Å². The normalized spacial score (nSPS) is 9.88. The van der Waals surface area contributed by atoms with Crippen molar-refractivity contribution < 1.29 is 13.9 Å². The lowest BCUT2D eigenvalue weighted by Crippen LogP contribution is -2.12. The van der Waals surface area contributed by atoms with Crippen molar-refractivity contribution in [3.05, 3.63) is 35.6 Å². The maximum Gasteiger partial charge on any atom is 0.311 e. The van der Waals surface area contributed by atoms with E-state index in [4.69, 9.17) is 10.1 Å². The highest BCUT2D eigenvalue weighted by Gasteiger charge is 2.07. The Morgan fingerprint density at radius 2 is 2.25 bits per heavy atom. The van der Waals surface area contributed by atoms with E-state index < -0.39 is 5.97 Å². The molecule has 0 radical (unpaired) electrons. The molecule has 0 saturated carbocycles. The molecule has 0 aromatic heterocycles. The molecule has 1 aromatic carbocycles. The molecule has 0 saturated heterocycles. The molecule has 86 valence electrons. The Morgan fingerprint density at radius 3 is 2.88 bits per heavy atom. The zero-order valence-corrected chi connectivity index (χ0v) is 9.13. The van der Waals surface area contributed by atoms with E-state index >= 15 is 0 Å². The number of carbonyl (C=O) groups is 1. The predicted molar refractivity (Wildman–Crippen MR) is 59.1 cm³/mol. The molecule has 1 N–H and O–H groups in total. The van der Waals surface area contributed by atoms with Crippen LogP contribution in [-0.4, -0.2) is 18.3 Å². The van der Waals surface area contributed by atoms with E-state index in [9.17, 15) is 9.18 Å². The van der Waals surface area contributed by atoms with E-state index in [0.29, 0.717) is 12.2 Å². The average Bonchev–Trinajstić information content (AvgIpc) is 2.17. The van der Waals surface area contributed by atoms with E-state index in [1.165, 1.54) is 12.1 Å². The fourth-order valence-electron chi connectivity index (χ4n) is 1.34. The van der Waals surface area contributed by atoms with Crippen molar-refractivity contribution in [2.24, 2.45) is 0 Å². The van der Waals surface area contributed by atoms with Crippen LogP contribution in [0.25, 0.3) is 0 Å². The van der Waals surface area contributed by atoms with Gasteiger partial charge in [0.15, 0.2) is 0 Å². The van der Waals surface area contributed by atoms with Crippen LogP contribution in [-0.2, 0) is 16.0 Å². The van der Waals surface area contributed by atoms with Crippen molar-refractivity contribution in [2.45, 2.75) is 19.8 Å². The van der Waals surface area contributed by atoms with Crippen LogP contribution < -0.4 is 0 Å². The molecule has 0 aliphatic heterocycles. The van der Waals surface area contributed by atoms with Gasteiger partial charge < -0.3 is 10.1 Å². The highest BCUT2D eigenvalue weighted by molar-refractivity contribution is 5.98. The summed E-state index contributed by atoms with van der Waals surface area (Å²) in [6, 6.07) is 6.02. The van der Waals surface area contributed by atoms with Gasteiger partial charge in [0.05, 0.1) is 13.0 Å². The van der Waals surface area contributed by atoms with Gasteiger partial charge in [-0.2, -0.15) is 0 Å². The first-order valence-corrected chi connectivity index (χ1v) is 5.08. The fourth-order valence-corrected chi connectivity index (χ4v) is 1.34. The zero-order valence-electron chi connectivity index (χ0n) is 9.13. The number of benzene rings is 1. The average molecular weight is 223 g/mol. The Hall–Kier alpha value is -1.71. The van der Waals surface area contributed by atoms with Gasteiger partial charge in [-0.3, -0.25) is 4.79 Å². The molecular formula is C12H14FNO2. The fraction of sp³-hybridized carbons (Fsp3) is 0.333. The van der Waals surface area contributed by atoms with Crippen molar-refractivity contribution in [3.8, 4) is 0 Å². The van der Waals surface area contributed by atoms with Gasteiger partial charge in [0.25, 0.3) is 0 Å². The number of halogens is 1. The molecule has 0 spiro atoms. The predicted octanol–water partition coefficient (Wildman–Crippen LogP) is 2.34. The second-order valence-electron chi connectivity index (χ2n) is 3.39. The molecular weight excluding hydrogens is 209 g/mol. The molecule has 0 heterocycles. The molecule has 16 heavy (non-hydrogen) atoms. The summed E-state index contributed by atoms with van der Waals surface area (Å²) >= 11 is 0. The Bertz CT molecular complexity index is 390. The van der Waals surface area contributed by atoms with E-state index in [1.54, 1.807) is 19.1 Å². The molecule has 0 aliphatic rings. The van der Waals surface area contributed by atoms with Gasteiger partial charge in [0, 0.05) is 12.1 Å². The van der Waals surface area contributed by atoms with E-state index in [0.717, 1.165) is 0 Å². The number of hydrogen-bond donors (Lipinski definition) is 1. The quantitative estimate of drug-likeness (QED) is 0.615. The van der Waals surface area contributed by atoms with Gasteiger partial charge in [-0.1, -0.05) is 12.1 Å². The molecule has 4 heteroatoms. The second kappa shape index (κ2) is 6.00. The SMILES string of the molecule is CCOC(=O)CC(=N)Cc1cccc(F)c1. The molecule has 1 rings (SSSR count). The minimum Gasteiger partial charge on any atom is -0.466 e. The van der Waals surface area contributed by atoms with Gasteiger partial charge in [-0.15, -0.1) is 0 Å². The van der Waals surface area contributed by atoms with Gasteiger partial charge >= 0.3 is 5.97 Å². The van der Waals surface area contributed by atoms with Crippen LogP contribution in [0.1, 0.15) is 18.9 Å². The van der Waals surface area contributed by atoms with Crippen LogP contribution in [0.4, 0.5) is 4.39 Å². The molecule has 0 fully saturated rings. The van der Waals surface area contributed by atoms with Crippen LogP contribution in [0.15, 0.2) is 24.3 Å². The number of rotatable bonds is 5.